The number of alkyl halides is 3. The van der Waals surface area contributed by atoms with Crippen molar-refractivity contribution in [1.82, 2.24) is 20.4 Å². The molecule has 1 atom stereocenters. The zero-order chi connectivity index (χ0) is 21.4. The molecule has 0 spiro atoms. The van der Waals surface area contributed by atoms with Gasteiger partial charge >= 0.3 is 6.18 Å². The molecule has 1 unspecified atom stereocenters. The maximum atomic E-state index is 12.6. The summed E-state index contributed by atoms with van der Waals surface area (Å²) in [6.45, 7) is 3.89. The first-order chi connectivity index (χ1) is 14.4. The van der Waals surface area contributed by atoms with Crippen LogP contribution in [0, 0.1) is 0 Å². The van der Waals surface area contributed by atoms with Gasteiger partial charge in [-0.3, -0.25) is 14.8 Å². The van der Waals surface area contributed by atoms with Crippen molar-refractivity contribution in [3.63, 3.8) is 0 Å². The van der Waals surface area contributed by atoms with Gasteiger partial charge in [0, 0.05) is 39.3 Å². The van der Waals surface area contributed by atoms with E-state index in [0.29, 0.717) is 32.0 Å². The Labute approximate surface area is 200 Å². The third-order valence-corrected chi connectivity index (χ3v) is 5.90. The first-order valence-electron chi connectivity index (χ1n) is 11.0. The second kappa shape index (κ2) is 12.8. The van der Waals surface area contributed by atoms with E-state index < -0.39 is 12.7 Å². The van der Waals surface area contributed by atoms with Gasteiger partial charge in [-0.15, -0.1) is 24.0 Å². The summed E-state index contributed by atoms with van der Waals surface area (Å²) in [4.78, 5) is 8.25. The number of benzene rings is 1. The normalized spacial score (nSPS) is 21.4. The molecule has 2 aliphatic heterocycles. The van der Waals surface area contributed by atoms with E-state index in [1.807, 2.05) is 6.07 Å². The van der Waals surface area contributed by atoms with Crippen molar-refractivity contribution in [2.45, 2.75) is 57.4 Å². The van der Waals surface area contributed by atoms with E-state index in [1.165, 1.54) is 41.7 Å². The predicted octanol–water partition coefficient (Wildman–Crippen LogP) is 3.98. The highest BCUT2D eigenvalue weighted by Crippen LogP contribution is 2.20. The van der Waals surface area contributed by atoms with Crippen LogP contribution >= 0.6 is 24.0 Å². The lowest BCUT2D eigenvalue weighted by atomic mass is 10.1. The van der Waals surface area contributed by atoms with Gasteiger partial charge in [-0.2, -0.15) is 13.2 Å². The first-order valence-corrected chi connectivity index (χ1v) is 11.0. The molecular formula is C22H35F3IN5. The van der Waals surface area contributed by atoms with Crippen LogP contribution in [0.3, 0.4) is 0 Å². The van der Waals surface area contributed by atoms with Crippen LogP contribution in [-0.4, -0.2) is 67.7 Å². The zero-order valence-electron chi connectivity index (χ0n) is 18.3. The summed E-state index contributed by atoms with van der Waals surface area (Å²) in [7, 11) is 1.70. The minimum Gasteiger partial charge on any atom is -0.352 e. The van der Waals surface area contributed by atoms with Crippen molar-refractivity contribution in [3.05, 3.63) is 35.4 Å². The molecule has 176 valence electrons. The quantitative estimate of drug-likeness (QED) is 0.318. The lowest BCUT2D eigenvalue weighted by Crippen LogP contribution is -2.45. The lowest BCUT2D eigenvalue weighted by molar-refractivity contribution is -0.143. The fourth-order valence-electron chi connectivity index (χ4n) is 4.33. The summed E-state index contributed by atoms with van der Waals surface area (Å²) in [5.41, 5.74) is 2.55. The number of hydrogen-bond donors (Lipinski definition) is 2. The van der Waals surface area contributed by atoms with Crippen molar-refractivity contribution in [3.8, 4) is 0 Å². The predicted molar refractivity (Wildman–Crippen MR) is 130 cm³/mol. The summed E-state index contributed by atoms with van der Waals surface area (Å²) in [5.74, 6) is 0.637. The van der Waals surface area contributed by atoms with Crippen LogP contribution in [-0.2, 0) is 13.1 Å². The van der Waals surface area contributed by atoms with Crippen molar-refractivity contribution in [2.75, 3.05) is 39.8 Å². The molecule has 9 heteroatoms. The SMILES string of the molecule is CN=C(NCc1ccccc1CN1CCCCCC1)NC1CCN(CC(F)(F)F)C1.I. The van der Waals surface area contributed by atoms with E-state index in [9.17, 15) is 13.2 Å². The molecule has 2 fully saturated rings. The zero-order valence-corrected chi connectivity index (χ0v) is 20.6. The molecule has 2 aliphatic rings. The van der Waals surface area contributed by atoms with Gasteiger partial charge in [-0.25, -0.2) is 0 Å². The number of halogens is 4. The number of hydrogen-bond acceptors (Lipinski definition) is 3. The Kier molecular flexibility index (Phi) is 10.8. The Morgan fingerprint density at radius 3 is 2.35 bits per heavy atom. The number of aliphatic imine (C=N–C) groups is 1. The van der Waals surface area contributed by atoms with Gasteiger partial charge < -0.3 is 10.6 Å². The Morgan fingerprint density at radius 2 is 1.71 bits per heavy atom. The molecule has 2 N–H and O–H groups in total. The van der Waals surface area contributed by atoms with Gasteiger partial charge in [0.25, 0.3) is 0 Å². The highest BCUT2D eigenvalue weighted by molar-refractivity contribution is 14.0. The maximum Gasteiger partial charge on any atom is 0.401 e. The molecule has 0 bridgehead atoms. The fraction of sp³-hybridized carbons (Fsp3) is 0.682. The van der Waals surface area contributed by atoms with Crippen LogP contribution in [0.1, 0.15) is 43.2 Å². The van der Waals surface area contributed by atoms with Crippen LogP contribution in [0.25, 0.3) is 0 Å². The smallest absolute Gasteiger partial charge is 0.352 e. The van der Waals surface area contributed by atoms with Gasteiger partial charge in [0.05, 0.1) is 6.54 Å². The molecule has 0 radical (unpaired) electrons. The van der Waals surface area contributed by atoms with Gasteiger partial charge in [0.15, 0.2) is 5.96 Å². The third kappa shape index (κ3) is 9.13. The van der Waals surface area contributed by atoms with Crippen LogP contribution in [0.4, 0.5) is 13.2 Å². The fourth-order valence-corrected chi connectivity index (χ4v) is 4.33. The van der Waals surface area contributed by atoms with E-state index >= 15 is 0 Å². The molecule has 0 aliphatic carbocycles. The number of nitrogens with one attached hydrogen (secondary N) is 2. The van der Waals surface area contributed by atoms with E-state index in [4.69, 9.17) is 0 Å². The molecule has 1 aromatic rings. The summed E-state index contributed by atoms with van der Waals surface area (Å²) in [6.07, 6.45) is 1.72. The largest absolute Gasteiger partial charge is 0.401 e. The van der Waals surface area contributed by atoms with Crippen molar-refractivity contribution in [2.24, 2.45) is 4.99 Å². The second-order valence-electron chi connectivity index (χ2n) is 8.37. The van der Waals surface area contributed by atoms with Gasteiger partial charge in [-0.05, 0) is 43.5 Å². The number of rotatable bonds is 6. The third-order valence-electron chi connectivity index (χ3n) is 5.90. The van der Waals surface area contributed by atoms with E-state index in [2.05, 4.69) is 38.7 Å². The summed E-state index contributed by atoms with van der Waals surface area (Å²) in [5, 5.41) is 6.63. The van der Waals surface area contributed by atoms with Crippen LogP contribution < -0.4 is 10.6 Å². The Hall–Kier alpha value is -1.07. The maximum absolute atomic E-state index is 12.6. The van der Waals surface area contributed by atoms with E-state index in [-0.39, 0.29) is 30.0 Å². The van der Waals surface area contributed by atoms with Crippen LogP contribution in [0.15, 0.2) is 29.3 Å². The Morgan fingerprint density at radius 1 is 1.03 bits per heavy atom. The van der Waals surface area contributed by atoms with Crippen molar-refractivity contribution in [1.29, 1.82) is 0 Å². The number of guanidine groups is 1. The molecular weight excluding hydrogens is 518 g/mol. The van der Waals surface area contributed by atoms with Gasteiger partial charge in [0.1, 0.15) is 0 Å². The molecule has 0 aromatic heterocycles. The highest BCUT2D eigenvalue weighted by atomic mass is 127. The van der Waals surface area contributed by atoms with E-state index in [0.717, 1.165) is 19.6 Å². The van der Waals surface area contributed by atoms with Gasteiger partial charge in [-0.1, -0.05) is 37.1 Å². The van der Waals surface area contributed by atoms with Crippen molar-refractivity contribution >= 4 is 29.9 Å². The molecule has 3 rings (SSSR count). The minimum absolute atomic E-state index is 0. The van der Waals surface area contributed by atoms with Crippen molar-refractivity contribution < 1.29 is 13.2 Å². The highest BCUT2D eigenvalue weighted by Gasteiger charge is 2.34. The molecule has 31 heavy (non-hydrogen) atoms. The molecule has 2 heterocycles. The van der Waals surface area contributed by atoms with Crippen LogP contribution in [0.2, 0.25) is 0 Å². The molecule has 0 amide bonds. The monoisotopic (exact) mass is 553 g/mol. The minimum atomic E-state index is -4.15. The second-order valence-corrected chi connectivity index (χ2v) is 8.37. The topological polar surface area (TPSA) is 42.9 Å². The summed E-state index contributed by atoms with van der Waals surface area (Å²) < 4.78 is 37.8. The number of nitrogens with zero attached hydrogens (tertiary/aromatic N) is 3. The molecule has 1 aromatic carbocycles. The van der Waals surface area contributed by atoms with E-state index in [1.54, 1.807) is 7.05 Å². The molecule has 2 saturated heterocycles. The summed E-state index contributed by atoms with van der Waals surface area (Å²) >= 11 is 0. The average molecular weight is 553 g/mol. The average Bonchev–Trinajstić information content (AvgIpc) is 2.96. The summed E-state index contributed by atoms with van der Waals surface area (Å²) in [6, 6.07) is 8.42. The molecule has 5 nitrogen and oxygen atoms in total. The molecule has 0 saturated carbocycles. The number of likely N-dealkylation sites (tertiary alicyclic amines) is 2. The van der Waals surface area contributed by atoms with Crippen LogP contribution in [0.5, 0.6) is 0 Å². The Bertz CT molecular complexity index is 690. The standard InChI is InChI=1S/C22H34F3N5.HI/c1-26-21(28-20-10-13-30(16-20)17-22(23,24)25)27-14-18-8-4-5-9-19(18)15-29-11-6-2-3-7-12-29;/h4-5,8-9,20H,2-3,6-7,10-17H2,1H3,(H2,26,27,28);1H. The van der Waals surface area contributed by atoms with Gasteiger partial charge in [0.2, 0.25) is 0 Å². The lowest BCUT2D eigenvalue weighted by Gasteiger charge is -2.22. The first kappa shape index (κ1) is 26.2. The Balaban J connectivity index is 0.00000341.